The van der Waals surface area contributed by atoms with Crippen molar-refractivity contribution in [2.24, 2.45) is 5.73 Å². The second-order valence-electron chi connectivity index (χ2n) is 4.43. The van der Waals surface area contributed by atoms with Gasteiger partial charge >= 0.3 is 0 Å². The predicted octanol–water partition coefficient (Wildman–Crippen LogP) is 3.84. The van der Waals surface area contributed by atoms with Crippen molar-refractivity contribution in [1.82, 2.24) is 0 Å². The van der Waals surface area contributed by atoms with Crippen molar-refractivity contribution >= 4 is 11.6 Å². The molecule has 0 fully saturated rings. The van der Waals surface area contributed by atoms with Gasteiger partial charge in [-0.15, -0.1) is 0 Å². The number of methoxy groups -OCH3 is 1. The highest BCUT2D eigenvalue weighted by Gasteiger charge is 2.15. The third-order valence-corrected chi connectivity index (χ3v) is 3.18. The number of benzene rings is 2. The molecule has 0 amide bonds. The van der Waals surface area contributed by atoms with Crippen LogP contribution in [0.25, 0.3) is 0 Å². The van der Waals surface area contributed by atoms with Gasteiger partial charge < -0.3 is 10.5 Å². The Bertz CT molecular complexity index is 580. The molecule has 2 rings (SSSR count). The Balaban J connectivity index is 2.40. The summed E-state index contributed by atoms with van der Waals surface area (Å²) >= 11 is 6.00. The van der Waals surface area contributed by atoms with Gasteiger partial charge in [0.05, 0.1) is 13.2 Å². The Morgan fingerprint density at radius 1 is 1.21 bits per heavy atom. The van der Waals surface area contributed by atoms with Gasteiger partial charge in [-0.2, -0.15) is 0 Å². The number of ether oxygens (including phenoxy) is 1. The van der Waals surface area contributed by atoms with Gasteiger partial charge in [0.15, 0.2) is 0 Å². The van der Waals surface area contributed by atoms with Crippen LogP contribution in [0.2, 0.25) is 5.02 Å². The summed E-state index contributed by atoms with van der Waals surface area (Å²) in [5.41, 5.74) is 8.30. The van der Waals surface area contributed by atoms with Gasteiger partial charge in [0, 0.05) is 16.7 Å². The van der Waals surface area contributed by atoms with Crippen molar-refractivity contribution in [2.45, 2.75) is 13.0 Å². The zero-order valence-corrected chi connectivity index (χ0v) is 11.5. The van der Waals surface area contributed by atoms with Crippen molar-refractivity contribution < 1.29 is 9.13 Å². The van der Waals surface area contributed by atoms with Gasteiger partial charge in [0.25, 0.3) is 0 Å². The lowest BCUT2D eigenvalue weighted by molar-refractivity contribution is 0.410. The standard InChI is InChI=1S/C15H15ClFNO/c1-9-5-10(7-11(16)6-9)15(18)13-4-3-12(19-2)8-14(13)17/h3-8,15H,18H2,1-2H3. The van der Waals surface area contributed by atoms with Crippen LogP contribution in [0.15, 0.2) is 36.4 Å². The molecule has 1 atom stereocenters. The largest absolute Gasteiger partial charge is 0.497 e. The summed E-state index contributed by atoms with van der Waals surface area (Å²) in [6, 6.07) is 9.59. The maximum absolute atomic E-state index is 14.0. The molecule has 2 nitrogen and oxygen atoms in total. The van der Waals surface area contributed by atoms with E-state index in [1.165, 1.54) is 13.2 Å². The lowest BCUT2D eigenvalue weighted by Crippen LogP contribution is -2.14. The number of halogens is 2. The van der Waals surface area contributed by atoms with Gasteiger partial charge in [0.2, 0.25) is 0 Å². The average Bonchev–Trinajstić information content (AvgIpc) is 2.36. The van der Waals surface area contributed by atoms with Crippen molar-refractivity contribution in [3.63, 3.8) is 0 Å². The Kier molecular flexibility index (Phi) is 4.08. The molecule has 0 saturated carbocycles. The van der Waals surface area contributed by atoms with E-state index in [4.69, 9.17) is 22.1 Å². The van der Waals surface area contributed by atoms with Crippen molar-refractivity contribution in [3.8, 4) is 5.75 Å². The molecule has 1 unspecified atom stereocenters. The maximum atomic E-state index is 14.0. The molecule has 0 spiro atoms. The van der Waals surface area contributed by atoms with E-state index in [9.17, 15) is 4.39 Å². The smallest absolute Gasteiger partial charge is 0.132 e. The molecule has 0 aliphatic rings. The van der Waals surface area contributed by atoms with E-state index in [0.717, 1.165) is 11.1 Å². The third kappa shape index (κ3) is 3.06. The van der Waals surface area contributed by atoms with Crippen molar-refractivity contribution in [3.05, 3.63) is 63.9 Å². The molecule has 0 aliphatic heterocycles. The second-order valence-corrected chi connectivity index (χ2v) is 4.86. The lowest BCUT2D eigenvalue weighted by atomic mass is 9.97. The summed E-state index contributed by atoms with van der Waals surface area (Å²) in [6.07, 6.45) is 0. The van der Waals surface area contributed by atoms with Gasteiger partial charge in [-0.3, -0.25) is 0 Å². The molecule has 2 aromatic rings. The molecule has 4 heteroatoms. The molecule has 0 bridgehead atoms. The summed E-state index contributed by atoms with van der Waals surface area (Å²) in [7, 11) is 1.49. The normalized spacial score (nSPS) is 12.3. The summed E-state index contributed by atoms with van der Waals surface area (Å²) in [6.45, 7) is 1.92. The van der Waals surface area contributed by atoms with E-state index in [0.29, 0.717) is 16.3 Å². The van der Waals surface area contributed by atoms with Crippen LogP contribution < -0.4 is 10.5 Å². The van der Waals surface area contributed by atoms with Crippen LogP contribution in [0.3, 0.4) is 0 Å². The van der Waals surface area contributed by atoms with Crippen LogP contribution in [0, 0.1) is 12.7 Å². The second kappa shape index (κ2) is 5.59. The van der Waals surface area contributed by atoms with Gasteiger partial charge in [0.1, 0.15) is 11.6 Å². The highest BCUT2D eigenvalue weighted by Crippen LogP contribution is 2.27. The van der Waals surface area contributed by atoms with Crippen molar-refractivity contribution in [1.29, 1.82) is 0 Å². The zero-order chi connectivity index (χ0) is 14.0. The first kappa shape index (κ1) is 13.8. The van der Waals surface area contributed by atoms with Crippen LogP contribution >= 0.6 is 11.6 Å². The Labute approximate surface area is 117 Å². The van der Waals surface area contributed by atoms with E-state index in [-0.39, 0.29) is 5.82 Å². The van der Waals surface area contributed by atoms with E-state index >= 15 is 0 Å². The first-order valence-corrected chi connectivity index (χ1v) is 6.25. The van der Waals surface area contributed by atoms with E-state index in [2.05, 4.69) is 0 Å². The lowest BCUT2D eigenvalue weighted by Gasteiger charge is -2.15. The van der Waals surface area contributed by atoms with Crippen LogP contribution in [0.4, 0.5) is 4.39 Å². The third-order valence-electron chi connectivity index (χ3n) is 2.97. The van der Waals surface area contributed by atoms with Gasteiger partial charge in [-0.05, 0) is 36.2 Å². The highest BCUT2D eigenvalue weighted by atomic mass is 35.5. The molecule has 2 aromatic carbocycles. The van der Waals surface area contributed by atoms with Crippen LogP contribution in [0.1, 0.15) is 22.7 Å². The minimum Gasteiger partial charge on any atom is -0.497 e. The first-order valence-electron chi connectivity index (χ1n) is 5.87. The number of aryl methyl sites for hydroxylation is 1. The monoisotopic (exact) mass is 279 g/mol. The minimum absolute atomic E-state index is 0.385. The number of rotatable bonds is 3. The molecular weight excluding hydrogens is 265 g/mol. The molecule has 0 aromatic heterocycles. The van der Waals surface area contributed by atoms with Crippen LogP contribution in [-0.4, -0.2) is 7.11 Å². The summed E-state index contributed by atoms with van der Waals surface area (Å²) in [4.78, 5) is 0. The van der Waals surface area contributed by atoms with Crippen LogP contribution in [0.5, 0.6) is 5.75 Å². The Morgan fingerprint density at radius 2 is 1.95 bits per heavy atom. The van der Waals surface area contributed by atoms with Gasteiger partial charge in [-0.1, -0.05) is 23.7 Å². The van der Waals surface area contributed by atoms with Crippen molar-refractivity contribution in [2.75, 3.05) is 7.11 Å². The fourth-order valence-electron chi connectivity index (χ4n) is 2.01. The molecule has 2 N–H and O–H groups in total. The minimum atomic E-state index is -0.552. The molecular formula is C15H15ClFNO. The maximum Gasteiger partial charge on any atom is 0.132 e. The molecule has 0 aliphatic carbocycles. The zero-order valence-electron chi connectivity index (χ0n) is 10.8. The van der Waals surface area contributed by atoms with Crippen LogP contribution in [-0.2, 0) is 0 Å². The molecule has 0 heterocycles. The number of hydrogen-bond donors (Lipinski definition) is 1. The SMILES string of the molecule is COc1ccc(C(N)c2cc(C)cc(Cl)c2)c(F)c1. The number of hydrogen-bond acceptors (Lipinski definition) is 2. The summed E-state index contributed by atoms with van der Waals surface area (Å²) in [5.74, 6) is 0.0835. The van der Waals surface area contributed by atoms with E-state index in [1.54, 1.807) is 18.2 Å². The Hall–Kier alpha value is -1.58. The summed E-state index contributed by atoms with van der Waals surface area (Å²) < 4.78 is 19.0. The first-order chi connectivity index (χ1) is 9.01. The highest BCUT2D eigenvalue weighted by molar-refractivity contribution is 6.30. The quantitative estimate of drug-likeness (QED) is 0.926. The van der Waals surface area contributed by atoms with E-state index in [1.807, 2.05) is 19.1 Å². The fourth-order valence-corrected chi connectivity index (χ4v) is 2.31. The number of nitrogens with two attached hydrogens (primary N) is 1. The predicted molar refractivity (Wildman–Crippen MR) is 75.2 cm³/mol. The molecule has 100 valence electrons. The van der Waals surface area contributed by atoms with Gasteiger partial charge in [-0.25, -0.2) is 4.39 Å². The summed E-state index contributed by atoms with van der Waals surface area (Å²) in [5, 5.41) is 0.597. The average molecular weight is 280 g/mol. The Morgan fingerprint density at radius 3 is 2.53 bits per heavy atom. The molecule has 0 radical (unpaired) electrons. The topological polar surface area (TPSA) is 35.2 Å². The fraction of sp³-hybridized carbons (Fsp3) is 0.200. The molecule has 19 heavy (non-hydrogen) atoms. The molecule has 0 saturated heterocycles. The van der Waals surface area contributed by atoms with E-state index < -0.39 is 6.04 Å².